The molecule has 0 radical (unpaired) electrons. The monoisotopic (exact) mass is 321 g/mol. The molecule has 0 bridgehead atoms. The first-order valence-electron chi connectivity index (χ1n) is 7.69. The van der Waals surface area contributed by atoms with Gasteiger partial charge in [-0.15, -0.1) is 0 Å². The summed E-state index contributed by atoms with van der Waals surface area (Å²) in [5, 5.41) is 3.07. The Balaban J connectivity index is 2.00. The minimum absolute atomic E-state index is 0.157. The van der Waals surface area contributed by atoms with Crippen molar-refractivity contribution in [2.45, 2.75) is 13.0 Å². The van der Waals surface area contributed by atoms with Gasteiger partial charge in [0.2, 0.25) is 0 Å². The Morgan fingerprint density at radius 3 is 2.62 bits per heavy atom. The summed E-state index contributed by atoms with van der Waals surface area (Å²) in [5.74, 6) is 0.551. The van der Waals surface area contributed by atoms with Crippen LogP contribution in [0, 0.1) is 6.92 Å². The van der Waals surface area contributed by atoms with Crippen molar-refractivity contribution in [1.82, 2.24) is 15.3 Å². The Morgan fingerprint density at radius 2 is 1.96 bits per heavy atom. The van der Waals surface area contributed by atoms with E-state index in [2.05, 4.69) is 15.3 Å². The average molecular weight is 321 g/mol. The molecule has 5 nitrogen and oxygen atoms in total. The van der Waals surface area contributed by atoms with E-state index >= 15 is 0 Å². The number of nitrogens with one attached hydrogen (secondary N) is 2. The van der Waals surface area contributed by atoms with Gasteiger partial charge in [-0.1, -0.05) is 24.3 Å². The molecule has 3 aromatic rings. The number of carbonyl (C=O) groups excluding carboxylic acids is 1. The molecule has 3 rings (SSSR count). The van der Waals surface area contributed by atoms with Gasteiger partial charge in [-0.2, -0.15) is 0 Å². The van der Waals surface area contributed by atoms with Crippen molar-refractivity contribution >= 4 is 5.91 Å². The van der Waals surface area contributed by atoms with Gasteiger partial charge < -0.3 is 15.0 Å². The first-order valence-corrected chi connectivity index (χ1v) is 7.69. The summed E-state index contributed by atoms with van der Waals surface area (Å²) in [4.78, 5) is 20.1. The number of benzene rings is 1. The van der Waals surface area contributed by atoms with Crippen LogP contribution in [0.25, 0.3) is 0 Å². The lowest BCUT2D eigenvalue weighted by molar-refractivity contribution is 0.0941. The molecule has 0 unspecified atom stereocenters. The third-order valence-corrected chi connectivity index (χ3v) is 3.91. The number of hydrogen-bond donors (Lipinski definition) is 2. The molecule has 2 aromatic heterocycles. The number of para-hydroxylation sites is 1. The molecular formula is C19H19N3O2. The van der Waals surface area contributed by atoms with Gasteiger partial charge in [0, 0.05) is 23.7 Å². The third-order valence-electron chi connectivity index (χ3n) is 3.91. The molecule has 0 aliphatic carbocycles. The van der Waals surface area contributed by atoms with Gasteiger partial charge in [0.25, 0.3) is 5.91 Å². The highest BCUT2D eigenvalue weighted by Gasteiger charge is 2.22. The zero-order valence-electron chi connectivity index (χ0n) is 13.6. The highest BCUT2D eigenvalue weighted by Crippen LogP contribution is 2.29. The van der Waals surface area contributed by atoms with Crippen molar-refractivity contribution in [2.75, 3.05) is 7.11 Å². The first kappa shape index (κ1) is 15.8. The average Bonchev–Trinajstić information content (AvgIpc) is 3.06. The van der Waals surface area contributed by atoms with Crippen molar-refractivity contribution in [3.63, 3.8) is 0 Å². The Labute approximate surface area is 140 Å². The fourth-order valence-electron chi connectivity index (χ4n) is 2.67. The number of nitrogens with zero attached hydrogens (tertiary/aromatic N) is 1. The normalized spacial score (nSPS) is 11.8. The maximum absolute atomic E-state index is 12.7. The molecule has 0 fully saturated rings. The molecule has 122 valence electrons. The van der Waals surface area contributed by atoms with Crippen LogP contribution in [0.15, 0.2) is 60.9 Å². The van der Waals surface area contributed by atoms with E-state index in [4.69, 9.17) is 4.74 Å². The van der Waals surface area contributed by atoms with Crippen LogP contribution >= 0.6 is 0 Å². The molecule has 1 aromatic carbocycles. The summed E-state index contributed by atoms with van der Waals surface area (Å²) in [6, 6.07) is 14.6. The lowest BCUT2D eigenvalue weighted by Gasteiger charge is -2.21. The minimum atomic E-state index is -0.399. The van der Waals surface area contributed by atoms with Gasteiger partial charge in [-0.3, -0.25) is 9.78 Å². The summed E-state index contributed by atoms with van der Waals surface area (Å²) >= 11 is 0. The second-order valence-corrected chi connectivity index (χ2v) is 5.42. The molecule has 0 aliphatic rings. The van der Waals surface area contributed by atoms with Crippen molar-refractivity contribution in [1.29, 1.82) is 0 Å². The van der Waals surface area contributed by atoms with Crippen LogP contribution in [0.1, 0.15) is 33.4 Å². The molecule has 2 heterocycles. The number of amides is 1. The Morgan fingerprint density at radius 1 is 1.17 bits per heavy atom. The van der Waals surface area contributed by atoms with Crippen LogP contribution in [-0.2, 0) is 0 Å². The number of pyridine rings is 1. The number of aromatic nitrogens is 2. The number of rotatable bonds is 5. The van der Waals surface area contributed by atoms with Crippen molar-refractivity contribution in [3.8, 4) is 5.75 Å². The van der Waals surface area contributed by atoms with Gasteiger partial charge in [0.1, 0.15) is 11.8 Å². The SMILES string of the molecule is COc1ccccc1[C@H](NC(=O)c1cc[nH]c1C)c1ccccn1. The number of aromatic amines is 1. The first-order chi connectivity index (χ1) is 11.7. The molecule has 1 amide bonds. The van der Waals surface area contributed by atoms with Crippen molar-refractivity contribution in [2.24, 2.45) is 0 Å². The number of ether oxygens (including phenoxy) is 1. The molecule has 24 heavy (non-hydrogen) atoms. The summed E-state index contributed by atoms with van der Waals surface area (Å²) < 4.78 is 5.46. The van der Waals surface area contributed by atoms with Gasteiger partial charge in [0.15, 0.2) is 0 Å². The predicted octanol–water partition coefficient (Wildman–Crippen LogP) is 3.25. The summed E-state index contributed by atoms with van der Waals surface area (Å²) in [7, 11) is 1.62. The smallest absolute Gasteiger partial charge is 0.253 e. The van der Waals surface area contributed by atoms with Gasteiger partial charge in [-0.25, -0.2) is 0 Å². The molecule has 0 saturated carbocycles. The number of methoxy groups -OCH3 is 1. The number of carbonyl (C=O) groups is 1. The fraction of sp³-hybridized carbons (Fsp3) is 0.158. The largest absolute Gasteiger partial charge is 0.496 e. The third kappa shape index (κ3) is 3.15. The fourth-order valence-corrected chi connectivity index (χ4v) is 2.67. The van der Waals surface area contributed by atoms with Crippen molar-refractivity contribution in [3.05, 3.63) is 83.4 Å². The summed E-state index contributed by atoms with van der Waals surface area (Å²) in [5.41, 5.74) is 3.06. The van der Waals surface area contributed by atoms with E-state index < -0.39 is 6.04 Å². The van der Waals surface area contributed by atoms with E-state index in [0.717, 1.165) is 17.0 Å². The number of aryl methyl sites for hydroxylation is 1. The van der Waals surface area contributed by atoms with Gasteiger partial charge >= 0.3 is 0 Å². The standard InChI is InChI=1S/C19H19N3O2/c1-13-14(10-12-20-13)19(23)22-18(16-8-5-6-11-21-16)15-7-3-4-9-17(15)24-2/h3-12,18,20H,1-2H3,(H,22,23)/t18-/m0/s1. The maximum atomic E-state index is 12.7. The zero-order valence-corrected chi connectivity index (χ0v) is 13.6. The minimum Gasteiger partial charge on any atom is -0.496 e. The van der Waals surface area contributed by atoms with Gasteiger partial charge in [-0.05, 0) is 31.2 Å². The second-order valence-electron chi connectivity index (χ2n) is 5.42. The Bertz CT molecular complexity index is 827. The highest BCUT2D eigenvalue weighted by molar-refractivity contribution is 5.95. The Kier molecular flexibility index (Phi) is 4.61. The summed E-state index contributed by atoms with van der Waals surface area (Å²) in [6.07, 6.45) is 3.47. The lowest BCUT2D eigenvalue weighted by atomic mass is 10.0. The van der Waals surface area contributed by atoms with Crippen LogP contribution in [0.3, 0.4) is 0 Å². The van der Waals surface area contributed by atoms with E-state index in [0.29, 0.717) is 11.3 Å². The molecule has 0 spiro atoms. The van der Waals surface area contributed by atoms with E-state index in [1.807, 2.05) is 49.4 Å². The zero-order chi connectivity index (χ0) is 16.9. The van der Waals surface area contributed by atoms with Crippen LogP contribution in [0.5, 0.6) is 5.75 Å². The van der Waals surface area contributed by atoms with Crippen molar-refractivity contribution < 1.29 is 9.53 Å². The van der Waals surface area contributed by atoms with Crippen LogP contribution in [0.4, 0.5) is 0 Å². The molecule has 5 heteroatoms. The van der Waals surface area contributed by atoms with Crippen LogP contribution in [0.2, 0.25) is 0 Å². The van der Waals surface area contributed by atoms with E-state index in [-0.39, 0.29) is 5.91 Å². The highest BCUT2D eigenvalue weighted by atomic mass is 16.5. The van der Waals surface area contributed by atoms with Crippen LogP contribution < -0.4 is 10.1 Å². The number of hydrogen-bond acceptors (Lipinski definition) is 3. The number of H-pyrrole nitrogens is 1. The summed E-state index contributed by atoms with van der Waals surface area (Å²) in [6.45, 7) is 1.87. The predicted molar refractivity (Wildman–Crippen MR) is 92.1 cm³/mol. The van der Waals surface area contributed by atoms with Crippen LogP contribution in [-0.4, -0.2) is 23.0 Å². The molecular weight excluding hydrogens is 302 g/mol. The lowest BCUT2D eigenvalue weighted by Crippen LogP contribution is -2.30. The molecule has 2 N–H and O–H groups in total. The van der Waals surface area contributed by atoms with E-state index in [1.165, 1.54) is 0 Å². The molecule has 0 saturated heterocycles. The van der Waals surface area contributed by atoms with E-state index in [9.17, 15) is 4.79 Å². The molecule has 1 atom stereocenters. The topological polar surface area (TPSA) is 67.0 Å². The quantitative estimate of drug-likeness (QED) is 0.758. The van der Waals surface area contributed by atoms with Gasteiger partial charge in [0.05, 0.1) is 18.4 Å². The van der Waals surface area contributed by atoms with E-state index in [1.54, 1.807) is 25.6 Å². The second kappa shape index (κ2) is 7.00. The maximum Gasteiger partial charge on any atom is 0.253 e. The molecule has 0 aliphatic heterocycles. The Hall–Kier alpha value is -3.08.